The molecule has 0 saturated heterocycles. The summed E-state index contributed by atoms with van der Waals surface area (Å²) in [5.74, 6) is -0.618. The largest absolute Gasteiger partial charge is 0.417 e. The molecule has 0 radical (unpaired) electrons. The molecule has 0 aliphatic heterocycles. The number of halogens is 10. The van der Waals surface area contributed by atoms with Crippen LogP contribution in [0.15, 0.2) is 110 Å². The van der Waals surface area contributed by atoms with Gasteiger partial charge in [-0.2, -0.15) is 31.6 Å². The third-order valence-corrected chi connectivity index (χ3v) is 10.2. The van der Waals surface area contributed by atoms with Crippen molar-refractivity contribution in [2.24, 2.45) is 5.41 Å². The fourth-order valence-electron chi connectivity index (χ4n) is 5.40. The van der Waals surface area contributed by atoms with Gasteiger partial charge < -0.3 is 0 Å². The molecule has 14 heteroatoms. The van der Waals surface area contributed by atoms with E-state index >= 15 is 0 Å². The molecule has 392 valence electrons. The molecule has 0 unspecified atom stereocenters. The number of aromatic nitrogens is 3. The summed E-state index contributed by atoms with van der Waals surface area (Å²) >= 11 is 5.56. The van der Waals surface area contributed by atoms with Crippen molar-refractivity contribution < 1.29 is 39.5 Å². The van der Waals surface area contributed by atoms with Gasteiger partial charge >= 0.3 is 12.4 Å². The Balaban J connectivity index is 0.000000839. The Labute approximate surface area is 423 Å². The lowest BCUT2D eigenvalue weighted by atomic mass is 9.83. The van der Waals surface area contributed by atoms with Crippen molar-refractivity contribution in [1.82, 2.24) is 15.0 Å². The molecule has 3 heterocycles. The van der Waals surface area contributed by atoms with Gasteiger partial charge in [-0.3, -0.25) is 15.0 Å². The van der Waals surface area contributed by atoms with Gasteiger partial charge in [-0.05, 0) is 75.4 Å². The number of allylic oxidation sites excluding steroid dienone is 1. The monoisotopic (exact) mass is 1020 g/mol. The molecule has 3 aromatic heterocycles. The van der Waals surface area contributed by atoms with Crippen molar-refractivity contribution in [2.45, 2.75) is 164 Å². The minimum absolute atomic E-state index is 0.00764. The second-order valence-corrected chi connectivity index (χ2v) is 23.2. The average molecular weight is 1020 g/mol. The summed E-state index contributed by atoms with van der Waals surface area (Å²) in [6, 6.07) is 22.6. The minimum atomic E-state index is -4.40. The van der Waals surface area contributed by atoms with E-state index in [9.17, 15) is 39.5 Å². The number of alkyl halides is 7. The fraction of sp³-hybridized carbons (Fsp3) is 0.474. The number of pyridine rings is 3. The van der Waals surface area contributed by atoms with Crippen LogP contribution < -0.4 is 0 Å². The highest BCUT2D eigenvalue weighted by Gasteiger charge is 2.33. The van der Waals surface area contributed by atoms with E-state index in [2.05, 4.69) is 72.6 Å². The maximum absolute atomic E-state index is 13.2. The van der Waals surface area contributed by atoms with E-state index in [4.69, 9.17) is 16.9 Å². The topological polar surface area (TPSA) is 62.5 Å². The summed E-state index contributed by atoms with van der Waals surface area (Å²) < 4.78 is 111. The summed E-state index contributed by atoms with van der Waals surface area (Å²) in [6.07, 6.45) is -5.11. The van der Waals surface area contributed by atoms with Gasteiger partial charge in [0, 0.05) is 40.0 Å². The van der Waals surface area contributed by atoms with Gasteiger partial charge in [0.15, 0.2) is 0 Å². The standard InChI is InChI=1S/C12H12F3N.C10H12F3N.C10H14.C9H11ClFN.C9H12FN.C7H13F/c1-11(2,3)10-5-4-9(12(13,14)15)6-8(10)7-16;1-9(2,3)8-5-4-7(6-14-8)10(11,12)13;1-10(2,3)9-7-5-4-6-8-9;1-9(2,3)8-7(11)4-6(10)5-12-8;1-9(2,3)8-5-4-7(10)6-11-8;1-6(5-8)7(2,3)4/h4-6H,1-3H3;4-6H,1-3H3;4-8H,1-3H3;4-5H,1-3H3;4-6H,1-3H3;1,5H2,2-4H3. The summed E-state index contributed by atoms with van der Waals surface area (Å²) in [4.78, 5) is 11.7. The highest BCUT2D eigenvalue weighted by atomic mass is 35.5. The van der Waals surface area contributed by atoms with E-state index in [0.29, 0.717) is 33.0 Å². The van der Waals surface area contributed by atoms with Gasteiger partial charge in [0.2, 0.25) is 0 Å². The van der Waals surface area contributed by atoms with Gasteiger partial charge in [0.25, 0.3) is 0 Å². The van der Waals surface area contributed by atoms with E-state index in [1.807, 2.05) is 110 Å². The molecular formula is C57H74ClF9N4. The van der Waals surface area contributed by atoms with Crippen LogP contribution in [0, 0.1) is 28.4 Å². The molecule has 71 heavy (non-hydrogen) atoms. The summed E-state index contributed by atoms with van der Waals surface area (Å²) in [5, 5.41) is 9.19. The van der Waals surface area contributed by atoms with Crippen LogP contribution in [0.5, 0.6) is 0 Å². The number of benzene rings is 2. The van der Waals surface area contributed by atoms with Crippen LogP contribution in [0.25, 0.3) is 0 Å². The summed E-state index contributed by atoms with van der Waals surface area (Å²) in [6.45, 7) is 38.9. The van der Waals surface area contributed by atoms with E-state index < -0.39 is 30.2 Å². The van der Waals surface area contributed by atoms with E-state index in [1.165, 1.54) is 42.2 Å². The molecule has 0 saturated carbocycles. The first-order chi connectivity index (χ1) is 31.9. The van der Waals surface area contributed by atoms with E-state index in [0.717, 1.165) is 30.1 Å². The SMILES string of the molecule is C=C(CF)C(C)(C)C.CC(C)(C)c1ccc(C(F)(F)F)cc1C#N.CC(C)(C)c1ccc(C(F)(F)F)cn1.CC(C)(C)c1ccc(F)cn1.CC(C)(C)c1ccccc1.CC(C)(C)c1ncc(Cl)cc1F. The highest BCUT2D eigenvalue weighted by molar-refractivity contribution is 6.30. The Morgan fingerprint density at radius 1 is 0.535 bits per heavy atom. The van der Waals surface area contributed by atoms with Crippen LogP contribution in [-0.4, -0.2) is 21.6 Å². The Bertz CT molecular complexity index is 2380. The quantitative estimate of drug-likeness (QED) is 0.124. The number of hydrogen-bond donors (Lipinski definition) is 0. The number of nitrogens with zero attached hydrogens (tertiary/aromatic N) is 4. The van der Waals surface area contributed by atoms with E-state index in [1.54, 1.807) is 6.07 Å². The van der Waals surface area contributed by atoms with Crippen LogP contribution in [0.2, 0.25) is 5.02 Å². The van der Waals surface area contributed by atoms with Crippen molar-refractivity contribution in [3.05, 3.63) is 171 Å². The van der Waals surface area contributed by atoms with Crippen LogP contribution in [0.1, 0.15) is 170 Å². The maximum atomic E-state index is 13.2. The zero-order chi connectivity index (χ0) is 55.8. The Hall–Kier alpha value is -5.22. The lowest BCUT2D eigenvalue weighted by Crippen LogP contribution is -2.15. The molecule has 0 atom stereocenters. The fourth-order valence-corrected chi connectivity index (χ4v) is 5.54. The molecule has 0 aliphatic rings. The Kier molecular flexibility index (Phi) is 24.5. The smallest absolute Gasteiger partial charge is 0.260 e. The molecular weight excluding hydrogens is 947 g/mol. The zero-order valence-corrected chi connectivity index (χ0v) is 45.5. The average Bonchev–Trinajstić information content (AvgIpc) is 3.22. The van der Waals surface area contributed by atoms with Crippen LogP contribution >= 0.6 is 11.6 Å². The first-order valence-corrected chi connectivity index (χ1v) is 23.1. The second kappa shape index (κ2) is 26.5. The maximum Gasteiger partial charge on any atom is 0.417 e. The number of nitriles is 1. The zero-order valence-electron chi connectivity index (χ0n) is 44.7. The molecule has 0 spiro atoms. The van der Waals surface area contributed by atoms with Crippen LogP contribution in [0.4, 0.5) is 39.5 Å². The molecule has 0 aliphatic carbocycles. The number of rotatable bonds is 1. The highest BCUT2D eigenvalue weighted by Crippen LogP contribution is 2.34. The molecule has 0 fully saturated rings. The van der Waals surface area contributed by atoms with Crippen LogP contribution in [0.3, 0.4) is 0 Å². The van der Waals surface area contributed by atoms with Gasteiger partial charge in [0.1, 0.15) is 18.3 Å². The first-order valence-electron chi connectivity index (χ1n) is 22.8. The van der Waals surface area contributed by atoms with Crippen molar-refractivity contribution in [3.63, 3.8) is 0 Å². The van der Waals surface area contributed by atoms with Gasteiger partial charge in [-0.1, -0.05) is 179 Å². The summed E-state index contributed by atoms with van der Waals surface area (Å²) in [5.41, 5.74) is 2.73. The van der Waals surface area contributed by atoms with E-state index in [-0.39, 0.29) is 44.3 Å². The summed E-state index contributed by atoms with van der Waals surface area (Å²) in [7, 11) is 0. The minimum Gasteiger partial charge on any atom is -0.260 e. The first kappa shape index (κ1) is 65.8. The third-order valence-electron chi connectivity index (χ3n) is 10.0. The Morgan fingerprint density at radius 3 is 1.30 bits per heavy atom. The molecule has 5 rings (SSSR count). The normalized spacial score (nSPS) is 12.0. The molecule has 0 N–H and O–H groups in total. The number of hydrogen-bond acceptors (Lipinski definition) is 4. The van der Waals surface area contributed by atoms with Gasteiger partial charge in [0.05, 0.1) is 39.7 Å². The van der Waals surface area contributed by atoms with Crippen molar-refractivity contribution in [3.8, 4) is 6.07 Å². The second-order valence-electron chi connectivity index (χ2n) is 22.7. The molecule has 4 nitrogen and oxygen atoms in total. The molecule has 0 bridgehead atoms. The predicted octanol–water partition coefficient (Wildman–Crippen LogP) is 18.5. The van der Waals surface area contributed by atoms with Crippen LogP contribution in [-0.2, 0) is 39.4 Å². The molecule has 2 aromatic carbocycles. The third kappa shape index (κ3) is 25.1. The van der Waals surface area contributed by atoms with Gasteiger partial charge in [-0.15, -0.1) is 0 Å². The lowest BCUT2D eigenvalue weighted by Gasteiger charge is -2.21. The lowest BCUT2D eigenvalue weighted by molar-refractivity contribution is -0.138. The predicted molar refractivity (Wildman–Crippen MR) is 273 cm³/mol. The van der Waals surface area contributed by atoms with Gasteiger partial charge in [-0.25, -0.2) is 13.2 Å². The van der Waals surface area contributed by atoms with Crippen molar-refractivity contribution >= 4 is 11.6 Å². The molecule has 5 aromatic rings. The Morgan fingerprint density at radius 2 is 1.00 bits per heavy atom. The van der Waals surface area contributed by atoms with Crippen molar-refractivity contribution in [1.29, 1.82) is 5.26 Å². The van der Waals surface area contributed by atoms with Crippen molar-refractivity contribution in [2.75, 3.05) is 6.67 Å². The molecule has 0 amide bonds.